The van der Waals surface area contributed by atoms with E-state index in [2.05, 4.69) is 24.1 Å². The van der Waals surface area contributed by atoms with Crippen LogP contribution in [0.15, 0.2) is 0 Å². The zero-order chi connectivity index (χ0) is 12.8. The lowest BCUT2D eigenvalue weighted by molar-refractivity contribution is 0.0606. The minimum Gasteiger partial charge on any atom is -0.315 e. The molecule has 106 valence electrons. The Hall–Kier alpha value is -0.0800. The first-order valence-electron chi connectivity index (χ1n) is 8.27. The van der Waals surface area contributed by atoms with E-state index in [-0.39, 0.29) is 0 Å². The van der Waals surface area contributed by atoms with Crippen LogP contribution in [0.2, 0.25) is 0 Å². The van der Waals surface area contributed by atoms with Gasteiger partial charge >= 0.3 is 0 Å². The number of hydrogen-bond donors (Lipinski definition) is 1. The van der Waals surface area contributed by atoms with E-state index in [1.165, 1.54) is 71.0 Å². The van der Waals surface area contributed by atoms with Gasteiger partial charge in [-0.3, -0.25) is 4.90 Å². The summed E-state index contributed by atoms with van der Waals surface area (Å²) in [5.41, 5.74) is 0. The third-order valence-electron chi connectivity index (χ3n) is 4.86. The van der Waals surface area contributed by atoms with Gasteiger partial charge in [0.1, 0.15) is 0 Å². The molecule has 0 aromatic rings. The fourth-order valence-corrected chi connectivity index (χ4v) is 3.87. The molecule has 1 saturated heterocycles. The number of piperidine rings is 1. The predicted octanol–water partition coefficient (Wildman–Crippen LogP) is 3.42. The Balaban J connectivity index is 1.85. The van der Waals surface area contributed by atoms with Crippen LogP contribution in [0, 0.1) is 5.92 Å². The molecule has 3 unspecified atom stereocenters. The van der Waals surface area contributed by atoms with Crippen molar-refractivity contribution >= 4 is 0 Å². The SMILES string of the molecule is CCCNCC1CCCCN1C1CCCC(C)C1. The summed E-state index contributed by atoms with van der Waals surface area (Å²) in [5, 5.41) is 3.64. The molecule has 1 aliphatic heterocycles. The van der Waals surface area contributed by atoms with E-state index in [0.29, 0.717) is 0 Å². The number of nitrogens with one attached hydrogen (secondary N) is 1. The predicted molar refractivity (Wildman–Crippen MR) is 78.9 cm³/mol. The Labute approximate surface area is 114 Å². The smallest absolute Gasteiger partial charge is 0.0223 e. The van der Waals surface area contributed by atoms with Crippen LogP contribution in [0.3, 0.4) is 0 Å². The van der Waals surface area contributed by atoms with E-state index >= 15 is 0 Å². The maximum atomic E-state index is 3.64. The van der Waals surface area contributed by atoms with Gasteiger partial charge in [-0.15, -0.1) is 0 Å². The number of nitrogens with zero attached hydrogens (tertiary/aromatic N) is 1. The third kappa shape index (κ3) is 3.96. The Morgan fingerprint density at radius 2 is 2.00 bits per heavy atom. The number of rotatable bonds is 5. The standard InChI is InChI=1S/C16H32N2/c1-3-10-17-13-16-8-4-5-11-18(16)15-9-6-7-14(2)12-15/h14-17H,3-13H2,1-2H3. The molecule has 2 nitrogen and oxygen atoms in total. The summed E-state index contributed by atoms with van der Waals surface area (Å²) in [6.07, 6.45) is 11.4. The molecule has 0 aromatic carbocycles. The summed E-state index contributed by atoms with van der Waals surface area (Å²) in [6, 6.07) is 1.71. The Bertz CT molecular complexity index is 229. The summed E-state index contributed by atoms with van der Waals surface area (Å²) in [4.78, 5) is 2.86. The molecule has 1 saturated carbocycles. The monoisotopic (exact) mass is 252 g/mol. The van der Waals surface area contributed by atoms with Crippen molar-refractivity contribution < 1.29 is 0 Å². The minimum atomic E-state index is 0.820. The molecule has 0 bridgehead atoms. The van der Waals surface area contributed by atoms with Crippen LogP contribution in [-0.2, 0) is 0 Å². The van der Waals surface area contributed by atoms with E-state index in [1.807, 2.05) is 0 Å². The summed E-state index contributed by atoms with van der Waals surface area (Å²) >= 11 is 0. The van der Waals surface area contributed by atoms with Crippen molar-refractivity contribution in [2.45, 2.75) is 77.3 Å². The fraction of sp³-hybridized carbons (Fsp3) is 1.00. The van der Waals surface area contributed by atoms with Gasteiger partial charge < -0.3 is 5.32 Å². The molecule has 0 radical (unpaired) electrons. The molecule has 0 amide bonds. The van der Waals surface area contributed by atoms with Crippen molar-refractivity contribution in [1.82, 2.24) is 10.2 Å². The summed E-state index contributed by atoms with van der Waals surface area (Å²) in [6.45, 7) is 8.47. The maximum absolute atomic E-state index is 3.64. The second-order valence-corrected chi connectivity index (χ2v) is 6.52. The van der Waals surface area contributed by atoms with E-state index in [0.717, 1.165) is 18.0 Å². The third-order valence-corrected chi connectivity index (χ3v) is 4.86. The van der Waals surface area contributed by atoms with Gasteiger partial charge in [-0.05, 0) is 51.1 Å². The van der Waals surface area contributed by atoms with Gasteiger partial charge in [-0.25, -0.2) is 0 Å². The Morgan fingerprint density at radius 1 is 1.11 bits per heavy atom. The molecule has 1 heterocycles. The molecule has 2 fully saturated rings. The first-order valence-corrected chi connectivity index (χ1v) is 8.27. The molecule has 2 aliphatic rings. The summed E-state index contributed by atoms with van der Waals surface area (Å²) in [5.74, 6) is 0.954. The molecular formula is C16H32N2. The van der Waals surface area contributed by atoms with Gasteiger partial charge in [0.2, 0.25) is 0 Å². The van der Waals surface area contributed by atoms with Gasteiger partial charge in [0.25, 0.3) is 0 Å². The molecule has 2 rings (SSSR count). The molecule has 3 atom stereocenters. The van der Waals surface area contributed by atoms with Crippen molar-refractivity contribution in [2.24, 2.45) is 5.92 Å². The van der Waals surface area contributed by atoms with Crippen LogP contribution in [0.5, 0.6) is 0 Å². The van der Waals surface area contributed by atoms with Gasteiger partial charge in [-0.1, -0.05) is 33.1 Å². The van der Waals surface area contributed by atoms with Crippen LogP contribution in [-0.4, -0.2) is 36.6 Å². The lowest BCUT2D eigenvalue weighted by atomic mass is 9.84. The van der Waals surface area contributed by atoms with Crippen molar-refractivity contribution in [3.8, 4) is 0 Å². The first kappa shape index (κ1) is 14.3. The second kappa shape index (κ2) is 7.49. The summed E-state index contributed by atoms with van der Waals surface area (Å²) in [7, 11) is 0. The topological polar surface area (TPSA) is 15.3 Å². The zero-order valence-electron chi connectivity index (χ0n) is 12.5. The minimum absolute atomic E-state index is 0.820. The largest absolute Gasteiger partial charge is 0.315 e. The van der Waals surface area contributed by atoms with Crippen LogP contribution in [0.4, 0.5) is 0 Å². The second-order valence-electron chi connectivity index (χ2n) is 6.52. The van der Waals surface area contributed by atoms with Crippen LogP contribution in [0.25, 0.3) is 0 Å². The average molecular weight is 252 g/mol. The van der Waals surface area contributed by atoms with Crippen molar-refractivity contribution in [3.63, 3.8) is 0 Å². The first-order chi connectivity index (χ1) is 8.81. The van der Waals surface area contributed by atoms with Crippen LogP contribution < -0.4 is 5.32 Å². The van der Waals surface area contributed by atoms with Crippen LogP contribution in [0.1, 0.15) is 65.2 Å². The van der Waals surface area contributed by atoms with E-state index in [1.54, 1.807) is 0 Å². The molecule has 0 aromatic heterocycles. The van der Waals surface area contributed by atoms with Crippen molar-refractivity contribution in [2.75, 3.05) is 19.6 Å². The average Bonchev–Trinajstić information content (AvgIpc) is 2.40. The Kier molecular flexibility index (Phi) is 5.97. The van der Waals surface area contributed by atoms with E-state index in [9.17, 15) is 0 Å². The van der Waals surface area contributed by atoms with Crippen molar-refractivity contribution in [3.05, 3.63) is 0 Å². The molecule has 18 heavy (non-hydrogen) atoms. The highest BCUT2D eigenvalue weighted by Gasteiger charge is 2.30. The zero-order valence-corrected chi connectivity index (χ0v) is 12.5. The normalized spacial score (nSPS) is 34.7. The van der Waals surface area contributed by atoms with E-state index in [4.69, 9.17) is 0 Å². The highest BCUT2D eigenvalue weighted by molar-refractivity contribution is 4.87. The molecule has 1 aliphatic carbocycles. The van der Waals surface area contributed by atoms with Crippen LogP contribution >= 0.6 is 0 Å². The van der Waals surface area contributed by atoms with Gasteiger partial charge in [0.15, 0.2) is 0 Å². The molecular weight excluding hydrogens is 220 g/mol. The van der Waals surface area contributed by atoms with E-state index < -0.39 is 0 Å². The quantitative estimate of drug-likeness (QED) is 0.754. The highest BCUT2D eigenvalue weighted by atomic mass is 15.2. The molecule has 2 heteroatoms. The lowest BCUT2D eigenvalue weighted by Gasteiger charge is -2.44. The molecule has 0 spiro atoms. The number of likely N-dealkylation sites (tertiary alicyclic amines) is 1. The van der Waals surface area contributed by atoms with Gasteiger partial charge in [-0.2, -0.15) is 0 Å². The van der Waals surface area contributed by atoms with Gasteiger partial charge in [0, 0.05) is 18.6 Å². The fourth-order valence-electron chi connectivity index (χ4n) is 3.87. The Morgan fingerprint density at radius 3 is 2.78 bits per heavy atom. The highest BCUT2D eigenvalue weighted by Crippen LogP contribution is 2.31. The van der Waals surface area contributed by atoms with Crippen molar-refractivity contribution in [1.29, 1.82) is 0 Å². The molecule has 1 N–H and O–H groups in total. The summed E-state index contributed by atoms with van der Waals surface area (Å²) < 4.78 is 0. The van der Waals surface area contributed by atoms with Gasteiger partial charge in [0.05, 0.1) is 0 Å². The lowest BCUT2D eigenvalue weighted by Crippen LogP contribution is -2.51. The number of hydrogen-bond acceptors (Lipinski definition) is 2. The maximum Gasteiger partial charge on any atom is 0.0223 e.